The van der Waals surface area contributed by atoms with Gasteiger partial charge in [0.25, 0.3) is 0 Å². The fourth-order valence-corrected chi connectivity index (χ4v) is 5.42. The molecule has 1 aromatic heterocycles. The number of nitriles is 1. The van der Waals surface area contributed by atoms with E-state index in [0.717, 1.165) is 38.4 Å². The van der Waals surface area contributed by atoms with Gasteiger partial charge in [-0.2, -0.15) is 5.26 Å². The summed E-state index contributed by atoms with van der Waals surface area (Å²) in [7, 11) is 0. The highest BCUT2D eigenvalue weighted by atomic mass is 19.1. The summed E-state index contributed by atoms with van der Waals surface area (Å²) in [6, 6.07) is 15.9. The third-order valence-corrected chi connectivity index (χ3v) is 7.90. The lowest BCUT2D eigenvalue weighted by Crippen LogP contribution is -2.39. The fraction of sp³-hybridized carbons (Fsp3) is 0.344. The second kappa shape index (κ2) is 12.4. The number of carboxylic acid groups (broad SMARTS) is 1. The maximum Gasteiger partial charge on any atom is 0.335 e. The van der Waals surface area contributed by atoms with Crippen LogP contribution in [0, 0.1) is 23.0 Å². The first kappa shape index (κ1) is 28.6. The number of nitrogens with zero attached hydrogens (tertiary/aromatic N) is 4. The number of ether oxygens (including phenoxy) is 3. The van der Waals surface area contributed by atoms with E-state index < -0.39 is 17.6 Å². The van der Waals surface area contributed by atoms with Gasteiger partial charge in [0.15, 0.2) is 5.82 Å². The molecule has 2 aliphatic heterocycles. The summed E-state index contributed by atoms with van der Waals surface area (Å²) in [4.78, 5) is 18.4. The van der Waals surface area contributed by atoms with E-state index in [9.17, 15) is 18.7 Å². The topological polar surface area (TPSA) is 110 Å². The molecule has 0 unspecified atom stereocenters. The summed E-state index contributed by atoms with van der Waals surface area (Å²) in [6.45, 7) is 3.17. The number of hydrogen-bond acceptors (Lipinski definition) is 7. The molecule has 43 heavy (non-hydrogen) atoms. The van der Waals surface area contributed by atoms with Crippen LogP contribution in [-0.4, -0.2) is 57.4 Å². The molecule has 11 heteroatoms. The summed E-state index contributed by atoms with van der Waals surface area (Å²) in [5.41, 5.74) is 1.14. The minimum atomic E-state index is -1.19. The van der Waals surface area contributed by atoms with Crippen LogP contribution in [0.4, 0.5) is 8.78 Å². The van der Waals surface area contributed by atoms with Gasteiger partial charge in [0.1, 0.15) is 41.4 Å². The van der Waals surface area contributed by atoms with E-state index in [-0.39, 0.29) is 35.5 Å². The predicted molar refractivity (Wildman–Crippen MR) is 152 cm³/mol. The van der Waals surface area contributed by atoms with Crippen LogP contribution in [0.25, 0.3) is 11.0 Å². The SMILES string of the molecule is N#Cc1ccc(COc2cccc(OC3CCN(Cc4nc5c(F)cc(C(=O)O)cc5n4C[C@@H]4CCO4)CC3)c2)c(F)c1. The van der Waals surface area contributed by atoms with E-state index >= 15 is 0 Å². The molecule has 0 bridgehead atoms. The zero-order valence-corrected chi connectivity index (χ0v) is 23.3. The van der Waals surface area contributed by atoms with Crippen molar-refractivity contribution in [2.45, 2.75) is 51.2 Å². The zero-order valence-electron chi connectivity index (χ0n) is 23.3. The highest BCUT2D eigenvalue weighted by Crippen LogP contribution is 2.28. The van der Waals surface area contributed by atoms with E-state index in [4.69, 9.17) is 19.5 Å². The van der Waals surface area contributed by atoms with E-state index in [1.807, 2.05) is 22.8 Å². The lowest BCUT2D eigenvalue weighted by Gasteiger charge is -2.32. The van der Waals surface area contributed by atoms with Gasteiger partial charge in [-0.25, -0.2) is 18.6 Å². The van der Waals surface area contributed by atoms with Gasteiger partial charge in [0, 0.05) is 31.3 Å². The molecule has 9 nitrogen and oxygen atoms in total. The van der Waals surface area contributed by atoms with Gasteiger partial charge in [-0.3, -0.25) is 4.90 Å². The van der Waals surface area contributed by atoms with Crippen molar-refractivity contribution in [1.29, 1.82) is 5.26 Å². The molecule has 1 N–H and O–H groups in total. The Morgan fingerprint density at radius 3 is 2.56 bits per heavy atom. The normalized spacial score (nSPS) is 17.4. The number of carboxylic acids is 1. The number of imidazole rings is 1. The molecule has 0 radical (unpaired) electrons. The Balaban J connectivity index is 1.07. The molecule has 1 atom stereocenters. The monoisotopic (exact) mass is 588 g/mol. The minimum Gasteiger partial charge on any atom is -0.490 e. The van der Waals surface area contributed by atoms with Crippen molar-refractivity contribution in [3.05, 3.63) is 88.7 Å². The molecular formula is C32H30F2N4O5. The van der Waals surface area contributed by atoms with E-state index in [2.05, 4.69) is 9.88 Å². The van der Waals surface area contributed by atoms with Crippen molar-refractivity contribution in [2.24, 2.45) is 0 Å². The van der Waals surface area contributed by atoms with Crippen molar-refractivity contribution in [1.82, 2.24) is 14.5 Å². The number of fused-ring (bicyclic) bond motifs is 1. The lowest BCUT2D eigenvalue weighted by atomic mass is 10.1. The average Bonchev–Trinajstić information content (AvgIpc) is 3.32. The molecular weight excluding hydrogens is 558 g/mol. The second-order valence-corrected chi connectivity index (χ2v) is 10.8. The van der Waals surface area contributed by atoms with Crippen LogP contribution in [-0.2, 0) is 24.4 Å². The third-order valence-electron chi connectivity index (χ3n) is 7.90. The molecule has 6 rings (SSSR count). The number of halogens is 2. The maximum absolute atomic E-state index is 14.8. The minimum absolute atomic E-state index is 0.00490. The fourth-order valence-electron chi connectivity index (χ4n) is 5.42. The van der Waals surface area contributed by atoms with Gasteiger partial charge >= 0.3 is 5.97 Å². The smallest absolute Gasteiger partial charge is 0.335 e. The maximum atomic E-state index is 14.8. The number of piperidine rings is 1. The second-order valence-electron chi connectivity index (χ2n) is 10.8. The predicted octanol–water partition coefficient (Wildman–Crippen LogP) is 5.30. The number of hydrogen-bond donors (Lipinski definition) is 1. The number of benzene rings is 3. The number of likely N-dealkylation sites (tertiary alicyclic amines) is 1. The Morgan fingerprint density at radius 1 is 1.07 bits per heavy atom. The molecule has 0 amide bonds. The van der Waals surface area contributed by atoms with Crippen LogP contribution < -0.4 is 9.47 Å². The van der Waals surface area contributed by atoms with Crippen LogP contribution in [0.5, 0.6) is 11.5 Å². The lowest BCUT2D eigenvalue weighted by molar-refractivity contribution is -0.0592. The van der Waals surface area contributed by atoms with E-state index in [0.29, 0.717) is 48.1 Å². The first-order valence-electron chi connectivity index (χ1n) is 14.2. The van der Waals surface area contributed by atoms with Crippen molar-refractivity contribution in [2.75, 3.05) is 19.7 Å². The standard InChI is InChI=1S/C32H30F2N4O5/c33-27-12-20(16-35)4-5-21(27)19-42-24-2-1-3-25(15-24)43-23-6-9-37(10-7-23)18-30-36-31-28(34)13-22(32(39)40)14-29(31)38(30)17-26-8-11-41-26/h1-5,12-15,23,26H,6-11,17-19H2,(H,39,40)/t26-/m0/s1. The first-order chi connectivity index (χ1) is 20.9. The van der Waals surface area contributed by atoms with Gasteiger partial charge < -0.3 is 23.9 Å². The molecule has 3 aromatic carbocycles. The van der Waals surface area contributed by atoms with Crippen LogP contribution in [0.3, 0.4) is 0 Å². The Bertz CT molecular complexity index is 1690. The largest absolute Gasteiger partial charge is 0.490 e. The molecule has 4 aromatic rings. The van der Waals surface area contributed by atoms with Crippen LogP contribution in [0.2, 0.25) is 0 Å². The molecule has 2 saturated heterocycles. The molecule has 0 aliphatic carbocycles. The van der Waals surface area contributed by atoms with Gasteiger partial charge in [-0.15, -0.1) is 0 Å². The Hall–Kier alpha value is -4.53. The van der Waals surface area contributed by atoms with E-state index in [1.165, 1.54) is 12.1 Å². The summed E-state index contributed by atoms with van der Waals surface area (Å²) in [5, 5.41) is 18.4. The summed E-state index contributed by atoms with van der Waals surface area (Å²) in [6.07, 6.45) is 2.41. The van der Waals surface area contributed by atoms with Crippen molar-refractivity contribution in [3.8, 4) is 17.6 Å². The molecule has 0 spiro atoms. The third kappa shape index (κ3) is 6.45. The first-order valence-corrected chi connectivity index (χ1v) is 14.2. The molecule has 3 heterocycles. The number of aromatic carboxylic acids is 1. The summed E-state index contributed by atoms with van der Waals surface area (Å²) in [5.74, 6) is -0.441. The van der Waals surface area contributed by atoms with Crippen molar-refractivity contribution in [3.63, 3.8) is 0 Å². The van der Waals surface area contributed by atoms with Gasteiger partial charge in [0.2, 0.25) is 0 Å². The highest BCUT2D eigenvalue weighted by molar-refractivity contribution is 5.92. The zero-order chi connectivity index (χ0) is 29.9. The highest BCUT2D eigenvalue weighted by Gasteiger charge is 2.27. The number of carbonyl (C=O) groups is 1. The summed E-state index contributed by atoms with van der Waals surface area (Å²) < 4.78 is 48.6. The van der Waals surface area contributed by atoms with Crippen LogP contribution >= 0.6 is 0 Å². The summed E-state index contributed by atoms with van der Waals surface area (Å²) >= 11 is 0. The average molecular weight is 589 g/mol. The van der Waals surface area contributed by atoms with Crippen LogP contribution in [0.1, 0.15) is 46.6 Å². The van der Waals surface area contributed by atoms with Crippen LogP contribution in [0.15, 0.2) is 54.6 Å². The van der Waals surface area contributed by atoms with Crippen molar-refractivity contribution >= 4 is 17.0 Å². The molecule has 2 fully saturated rings. The van der Waals surface area contributed by atoms with Gasteiger partial charge in [-0.05, 0) is 55.7 Å². The van der Waals surface area contributed by atoms with Crippen molar-refractivity contribution < 1.29 is 32.9 Å². The Morgan fingerprint density at radius 2 is 1.86 bits per heavy atom. The Labute approximate surface area is 246 Å². The number of aromatic nitrogens is 2. The molecule has 2 aliphatic rings. The van der Waals surface area contributed by atoms with E-state index in [1.54, 1.807) is 24.3 Å². The number of rotatable bonds is 10. The molecule has 0 saturated carbocycles. The molecule has 222 valence electrons. The van der Waals surface area contributed by atoms with Gasteiger partial charge in [0.05, 0.1) is 41.9 Å². The Kier molecular flexibility index (Phi) is 8.22. The van der Waals surface area contributed by atoms with Gasteiger partial charge in [-0.1, -0.05) is 12.1 Å². The quantitative estimate of drug-likeness (QED) is 0.266.